The van der Waals surface area contributed by atoms with Crippen LogP contribution in [0.15, 0.2) is 0 Å². The van der Waals surface area contributed by atoms with Gasteiger partial charge in [0.25, 0.3) is 0 Å². The van der Waals surface area contributed by atoms with Crippen molar-refractivity contribution in [2.24, 2.45) is 63.5 Å². The largest absolute Gasteiger partial charge is 0.396 e. The van der Waals surface area contributed by atoms with Gasteiger partial charge in [-0.3, -0.25) is 0 Å². The molecular weight excluding hydrogens is 538 g/mol. The van der Waals surface area contributed by atoms with Crippen LogP contribution in [0.5, 0.6) is 0 Å². The molecule has 7 nitrogen and oxygen atoms in total. The van der Waals surface area contributed by atoms with Gasteiger partial charge in [-0.2, -0.15) is 0 Å². The standard InChI is InChI=1S/C33H63N3O4.ClH/c1-23(8-4-16-37)26-9-10-27-31-28(22-30(33(26,27)3)40-19-7-15-36)32(2)12-11-25(38-17-5-13-34)20-24(32)21-29(31)39-18-6-14-35;/h23-31,37H,4-22,34-36H2,1-3H3;1H/t23-,24?,25-,26-,27+,28+,29-,30+,31+,32+,33-;/m1./s1. The van der Waals surface area contributed by atoms with E-state index in [1.165, 1.54) is 19.3 Å². The van der Waals surface area contributed by atoms with E-state index < -0.39 is 0 Å². The Morgan fingerprint density at radius 2 is 1.46 bits per heavy atom. The number of hydrogen-bond acceptors (Lipinski definition) is 7. The minimum atomic E-state index is 0. The first-order chi connectivity index (χ1) is 19.3. The molecule has 4 fully saturated rings. The number of aliphatic hydroxyl groups is 1. The minimum Gasteiger partial charge on any atom is -0.396 e. The summed E-state index contributed by atoms with van der Waals surface area (Å²) in [4.78, 5) is 0. The van der Waals surface area contributed by atoms with E-state index in [1.54, 1.807) is 0 Å². The number of rotatable bonds is 16. The molecule has 4 aliphatic rings. The molecule has 0 radical (unpaired) electrons. The highest BCUT2D eigenvalue weighted by Crippen LogP contribution is 2.69. The molecule has 0 bridgehead atoms. The molecule has 0 aromatic heterocycles. The van der Waals surface area contributed by atoms with Crippen molar-refractivity contribution in [3.63, 3.8) is 0 Å². The molecule has 11 atom stereocenters. The number of aliphatic hydroxyl groups excluding tert-OH is 1. The average molecular weight is 602 g/mol. The Hall–Kier alpha value is 0.01000. The van der Waals surface area contributed by atoms with E-state index in [0.29, 0.717) is 72.8 Å². The van der Waals surface area contributed by atoms with Crippen molar-refractivity contribution in [2.75, 3.05) is 46.1 Å². The van der Waals surface area contributed by atoms with Gasteiger partial charge in [0, 0.05) is 31.8 Å². The van der Waals surface area contributed by atoms with Gasteiger partial charge in [0.2, 0.25) is 0 Å². The molecule has 7 N–H and O–H groups in total. The Labute approximate surface area is 257 Å². The molecule has 4 aliphatic carbocycles. The first-order valence-corrected chi connectivity index (χ1v) is 16.9. The zero-order valence-corrected chi connectivity index (χ0v) is 27.3. The highest BCUT2D eigenvalue weighted by atomic mass is 35.5. The predicted molar refractivity (Wildman–Crippen MR) is 169 cm³/mol. The maximum Gasteiger partial charge on any atom is 0.0637 e. The van der Waals surface area contributed by atoms with Crippen molar-refractivity contribution in [3.05, 3.63) is 0 Å². The molecule has 0 aromatic rings. The lowest BCUT2D eigenvalue weighted by molar-refractivity contribution is -0.227. The highest BCUT2D eigenvalue weighted by molar-refractivity contribution is 5.85. The van der Waals surface area contributed by atoms with Crippen LogP contribution < -0.4 is 17.2 Å². The average Bonchev–Trinajstić information content (AvgIpc) is 3.31. The summed E-state index contributed by atoms with van der Waals surface area (Å²) in [5.41, 5.74) is 18.0. The first kappa shape index (κ1) is 35.5. The Kier molecular flexibility index (Phi) is 14.2. The van der Waals surface area contributed by atoms with Crippen molar-refractivity contribution in [1.29, 1.82) is 0 Å². The van der Waals surface area contributed by atoms with Crippen LogP contribution in [0.2, 0.25) is 0 Å². The first-order valence-electron chi connectivity index (χ1n) is 16.9. The second kappa shape index (κ2) is 16.4. The smallest absolute Gasteiger partial charge is 0.0637 e. The van der Waals surface area contributed by atoms with Gasteiger partial charge >= 0.3 is 0 Å². The quantitative estimate of drug-likeness (QED) is 0.185. The molecule has 0 heterocycles. The van der Waals surface area contributed by atoms with Gasteiger partial charge in [0.05, 0.1) is 18.3 Å². The minimum absolute atomic E-state index is 0. The molecule has 0 spiro atoms. The summed E-state index contributed by atoms with van der Waals surface area (Å²) >= 11 is 0. The van der Waals surface area contributed by atoms with Crippen LogP contribution in [0.1, 0.15) is 97.8 Å². The molecule has 1 unspecified atom stereocenters. The SMILES string of the molecule is C[C@H](CCCO)[C@H]1CC[C@H]2[C@@H]3[C@H](OCCCN)CC4C[C@H](OCCCN)CC[C@]4(C)[C@H]3C[C@H](OCCCN)[C@]12C.Cl. The molecule has 4 saturated carbocycles. The van der Waals surface area contributed by atoms with Gasteiger partial charge in [-0.05, 0) is 138 Å². The monoisotopic (exact) mass is 601 g/mol. The lowest BCUT2D eigenvalue weighted by Gasteiger charge is -2.65. The van der Waals surface area contributed by atoms with Crippen LogP contribution in [0.4, 0.5) is 0 Å². The molecule has 0 aromatic carbocycles. The second-order valence-corrected chi connectivity index (χ2v) is 14.3. The van der Waals surface area contributed by atoms with Crippen LogP contribution in [-0.4, -0.2) is 69.5 Å². The normalized spacial score (nSPS) is 40.8. The summed E-state index contributed by atoms with van der Waals surface area (Å²) in [5.74, 6) is 3.60. The van der Waals surface area contributed by atoms with E-state index in [9.17, 15) is 5.11 Å². The molecule has 0 amide bonds. The van der Waals surface area contributed by atoms with E-state index >= 15 is 0 Å². The number of fused-ring (bicyclic) bond motifs is 5. The molecule has 4 rings (SSSR count). The third kappa shape index (κ3) is 7.46. The fraction of sp³-hybridized carbons (Fsp3) is 1.00. The molecule has 0 saturated heterocycles. The maximum atomic E-state index is 9.58. The summed E-state index contributed by atoms with van der Waals surface area (Å²) in [6.45, 7) is 12.2. The molecular formula is C33H64ClN3O4. The van der Waals surface area contributed by atoms with Crippen LogP contribution >= 0.6 is 12.4 Å². The summed E-state index contributed by atoms with van der Waals surface area (Å²) < 4.78 is 20.1. The van der Waals surface area contributed by atoms with Gasteiger partial charge in [0.1, 0.15) is 0 Å². The third-order valence-corrected chi connectivity index (χ3v) is 12.3. The van der Waals surface area contributed by atoms with Crippen molar-refractivity contribution >= 4 is 12.4 Å². The fourth-order valence-corrected chi connectivity index (χ4v) is 10.2. The topological polar surface area (TPSA) is 126 Å². The Bertz CT molecular complexity index is 764. The highest BCUT2D eigenvalue weighted by Gasteiger charge is 2.66. The van der Waals surface area contributed by atoms with Gasteiger partial charge < -0.3 is 36.5 Å². The van der Waals surface area contributed by atoms with Gasteiger partial charge in [0.15, 0.2) is 0 Å². The van der Waals surface area contributed by atoms with E-state index in [1.807, 2.05) is 0 Å². The van der Waals surface area contributed by atoms with E-state index in [2.05, 4.69) is 20.8 Å². The Morgan fingerprint density at radius 3 is 2.12 bits per heavy atom. The summed E-state index contributed by atoms with van der Waals surface area (Å²) in [5, 5.41) is 9.58. The Balaban J connectivity index is 0.00000462. The second-order valence-electron chi connectivity index (χ2n) is 14.3. The van der Waals surface area contributed by atoms with Crippen molar-refractivity contribution in [3.8, 4) is 0 Å². The van der Waals surface area contributed by atoms with E-state index in [-0.39, 0.29) is 30.5 Å². The van der Waals surface area contributed by atoms with Crippen molar-refractivity contribution in [1.82, 2.24) is 0 Å². The zero-order chi connectivity index (χ0) is 28.8. The summed E-state index contributed by atoms with van der Waals surface area (Å²) in [6, 6.07) is 0. The lowest BCUT2D eigenvalue weighted by Crippen LogP contribution is -2.63. The summed E-state index contributed by atoms with van der Waals surface area (Å²) in [6.07, 6.45) is 14.0. The number of halogens is 1. The maximum absolute atomic E-state index is 9.58. The van der Waals surface area contributed by atoms with Crippen LogP contribution in [0.3, 0.4) is 0 Å². The molecule has 242 valence electrons. The number of ether oxygens (including phenoxy) is 3. The molecule has 0 aliphatic heterocycles. The van der Waals surface area contributed by atoms with Crippen LogP contribution in [0, 0.1) is 46.3 Å². The molecule has 8 heteroatoms. The number of nitrogens with two attached hydrogens (primary N) is 3. The van der Waals surface area contributed by atoms with Gasteiger partial charge in [-0.1, -0.05) is 20.8 Å². The lowest BCUT2D eigenvalue weighted by atomic mass is 9.43. The zero-order valence-electron chi connectivity index (χ0n) is 26.4. The number of hydrogen-bond donors (Lipinski definition) is 4. The van der Waals surface area contributed by atoms with Crippen LogP contribution in [-0.2, 0) is 14.2 Å². The third-order valence-electron chi connectivity index (χ3n) is 12.3. The van der Waals surface area contributed by atoms with E-state index in [4.69, 9.17) is 31.4 Å². The Morgan fingerprint density at radius 1 is 0.805 bits per heavy atom. The fourth-order valence-electron chi connectivity index (χ4n) is 10.2. The van der Waals surface area contributed by atoms with Gasteiger partial charge in [-0.25, -0.2) is 0 Å². The van der Waals surface area contributed by atoms with E-state index in [0.717, 1.165) is 77.6 Å². The van der Waals surface area contributed by atoms with Crippen LogP contribution in [0.25, 0.3) is 0 Å². The van der Waals surface area contributed by atoms with Crippen molar-refractivity contribution in [2.45, 2.75) is 116 Å². The molecule has 41 heavy (non-hydrogen) atoms. The van der Waals surface area contributed by atoms with Gasteiger partial charge in [-0.15, -0.1) is 12.4 Å². The summed E-state index contributed by atoms with van der Waals surface area (Å²) in [7, 11) is 0. The van der Waals surface area contributed by atoms with Crippen molar-refractivity contribution < 1.29 is 19.3 Å². The predicted octanol–water partition coefficient (Wildman–Crippen LogP) is 4.90.